The van der Waals surface area contributed by atoms with Gasteiger partial charge in [0.2, 0.25) is 10.0 Å². The van der Waals surface area contributed by atoms with Gasteiger partial charge in [-0.2, -0.15) is 0 Å². The van der Waals surface area contributed by atoms with E-state index in [1.165, 1.54) is 6.07 Å². The molecule has 0 unspecified atom stereocenters. The van der Waals surface area contributed by atoms with E-state index in [1.807, 2.05) is 18.7 Å². The fraction of sp³-hybridized carbons (Fsp3) is 0.500. The normalized spacial score (nSPS) is 11.8. The molecular weight excluding hydrogens is 266 g/mol. The van der Waals surface area contributed by atoms with Crippen molar-refractivity contribution in [3.05, 3.63) is 18.2 Å². The lowest BCUT2D eigenvalue weighted by Gasteiger charge is -2.30. The first-order valence-electron chi connectivity index (χ1n) is 5.95. The minimum absolute atomic E-state index is 0.0392. The van der Waals surface area contributed by atoms with Crippen LogP contribution >= 0.6 is 0 Å². The van der Waals surface area contributed by atoms with Crippen molar-refractivity contribution >= 4 is 21.4 Å². The number of nitrogens with two attached hydrogens (primary N) is 2. The molecule has 1 aromatic carbocycles. The Balaban J connectivity index is 3.30. The van der Waals surface area contributed by atoms with Crippen molar-refractivity contribution in [2.75, 3.05) is 30.9 Å². The van der Waals surface area contributed by atoms with Crippen LogP contribution in [0.2, 0.25) is 0 Å². The summed E-state index contributed by atoms with van der Waals surface area (Å²) in [4.78, 5) is 1.96. The molecule has 0 bridgehead atoms. The molecule has 0 heterocycles. The minimum Gasteiger partial charge on any atom is -0.399 e. The van der Waals surface area contributed by atoms with Gasteiger partial charge < -0.3 is 15.4 Å². The second kappa shape index (κ2) is 6.23. The summed E-state index contributed by atoms with van der Waals surface area (Å²) in [5.41, 5.74) is 6.55. The average molecular weight is 287 g/mol. The number of primary sulfonamides is 1. The number of methoxy groups -OCH3 is 1. The lowest BCUT2D eigenvalue weighted by atomic mass is 10.2. The minimum atomic E-state index is -3.82. The number of hydrogen-bond donors (Lipinski definition) is 2. The monoisotopic (exact) mass is 287 g/mol. The third-order valence-corrected chi connectivity index (χ3v) is 3.70. The molecular formula is C12H21N3O3S. The summed E-state index contributed by atoms with van der Waals surface area (Å²) in [5.74, 6) is 0. The molecule has 0 atom stereocenters. The number of nitrogens with zero attached hydrogens (tertiary/aromatic N) is 1. The molecule has 19 heavy (non-hydrogen) atoms. The van der Waals surface area contributed by atoms with Gasteiger partial charge in [0, 0.05) is 25.4 Å². The summed E-state index contributed by atoms with van der Waals surface area (Å²) in [6, 6.07) is 4.82. The van der Waals surface area contributed by atoms with Crippen molar-refractivity contribution in [3.63, 3.8) is 0 Å². The Hall–Kier alpha value is -1.31. The molecule has 0 aliphatic rings. The van der Waals surface area contributed by atoms with Gasteiger partial charge in [0.1, 0.15) is 4.90 Å². The highest BCUT2D eigenvalue weighted by Crippen LogP contribution is 2.28. The van der Waals surface area contributed by atoms with Crippen molar-refractivity contribution in [2.45, 2.75) is 24.8 Å². The Morgan fingerprint density at radius 3 is 2.47 bits per heavy atom. The van der Waals surface area contributed by atoms with Gasteiger partial charge >= 0.3 is 0 Å². The quantitative estimate of drug-likeness (QED) is 0.753. The molecule has 0 spiro atoms. The van der Waals surface area contributed by atoms with Crippen molar-refractivity contribution in [2.24, 2.45) is 5.14 Å². The molecule has 0 saturated carbocycles. The lowest BCUT2D eigenvalue weighted by molar-refractivity contribution is 0.203. The highest BCUT2D eigenvalue weighted by Gasteiger charge is 2.20. The summed E-state index contributed by atoms with van der Waals surface area (Å²) in [6.07, 6.45) is 0. The molecule has 0 amide bonds. The molecule has 0 saturated heterocycles. The molecule has 1 rings (SSSR count). The number of rotatable bonds is 6. The zero-order valence-corrected chi connectivity index (χ0v) is 12.3. The molecule has 6 nitrogen and oxygen atoms in total. The largest absolute Gasteiger partial charge is 0.399 e. The fourth-order valence-electron chi connectivity index (χ4n) is 1.84. The molecule has 1 aromatic rings. The molecule has 0 aliphatic heterocycles. The van der Waals surface area contributed by atoms with Crippen LogP contribution in [0, 0.1) is 0 Å². The smallest absolute Gasteiger partial charge is 0.240 e. The maximum Gasteiger partial charge on any atom is 0.240 e. The van der Waals surface area contributed by atoms with Crippen LogP contribution in [0.25, 0.3) is 0 Å². The van der Waals surface area contributed by atoms with Crippen LogP contribution in [0.5, 0.6) is 0 Å². The van der Waals surface area contributed by atoms with Crippen molar-refractivity contribution in [3.8, 4) is 0 Å². The fourth-order valence-corrected chi connectivity index (χ4v) is 2.62. The van der Waals surface area contributed by atoms with E-state index in [4.69, 9.17) is 15.6 Å². The second-order valence-corrected chi connectivity index (χ2v) is 6.08. The number of sulfonamides is 1. The van der Waals surface area contributed by atoms with Crippen LogP contribution in [0.15, 0.2) is 23.1 Å². The van der Waals surface area contributed by atoms with Crippen LogP contribution in [0.3, 0.4) is 0 Å². The molecule has 0 aromatic heterocycles. The Bertz CT molecular complexity index is 529. The van der Waals surface area contributed by atoms with E-state index >= 15 is 0 Å². The molecule has 0 radical (unpaired) electrons. The van der Waals surface area contributed by atoms with Gasteiger partial charge in [0.25, 0.3) is 0 Å². The number of hydrogen-bond acceptors (Lipinski definition) is 5. The van der Waals surface area contributed by atoms with Gasteiger partial charge in [-0.15, -0.1) is 0 Å². The zero-order valence-electron chi connectivity index (χ0n) is 11.5. The van der Waals surface area contributed by atoms with Gasteiger partial charge in [-0.05, 0) is 32.0 Å². The Morgan fingerprint density at radius 2 is 2.00 bits per heavy atom. The summed E-state index contributed by atoms with van der Waals surface area (Å²) < 4.78 is 28.4. The van der Waals surface area contributed by atoms with Crippen LogP contribution in [0.4, 0.5) is 11.4 Å². The number of benzene rings is 1. The molecule has 108 valence electrons. The first-order valence-corrected chi connectivity index (χ1v) is 7.50. The highest BCUT2D eigenvalue weighted by molar-refractivity contribution is 7.89. The summed E-state index contributed by atoms with van der Waals surface area (Å²) in [7, 11) is -2.22. The third kappa shape index (κ3) is 4.09. The molecule has 7 heteroatoms. The van der Waals surface area contributed by atoms with E-state index in [0.29, 0.717) is 24.5 Å². The number of anilines is 2. The third-order valence-electron chi connectivity index (χ3n) is 2.76. The van der Waals surface area contributed by atoms with Crippen LogP contribution in [-0.2, 0) is 14.8 Å². The van der Waals surface area contributed by atoms with E-state index in [0.717, 1.165) is 0 Å². The van der Waals surface area contributed by atoms with Gasteiger partial charge in [0.05, 0.1) is 12.3 Å². The molecule has 0 fully saturated rings. The Labute approximate surface area is 114 Å². The first kappa shape index (κ1) is 15.7. The van der Waals surface area contributed by atoms with E-state index in [9.17, 15) is 8.42 Å². The van der Waals surface area contributed by atoms with Gasteiger partial charge in [0.15, 0.2) is 0 Å². The Kier molecular flexibility index (Phi) is 5.16. The summed E-state index contributed by atoms with van der Waals surface area (Å²) in [5, 5.41) is 5.25. The average Bonchev–Trinajstić information content (AvgIpc) is 2.29. The maximum atomic E-state index is 11.7. The van der Waals surface area contributed by atoms with Gasteiger partial charge in [-0.1, -0.05) is 0 Å². The van der Waals surface area contributed by atoms with Gasteiger partial charge in [-0.25, -0.2) is 13.6 Å². The maximum absolute atomic E-state index is 11.7. The molecule has 4 N–H and O–H groups in total. The first-order chi connectivity index (χ1) is 8.77. The predicted molar refractivity (Wildman–Crippen MR) is 76.6 cm³/mol. The predicted octanol–water partition coefficient (Wildman–Crippen LogP) is 0.777. The van der Waals surface area contributed by atoms with Crippen molar-refractivity contribution in [1.29, 1.82) is 0 Å². The van der Waals surface area contributed by atoms with Gasteiger partial charge in [-0.3, -0.25) is 0 Å². The van der Waals surface area contributed by atoms with Crippen LogP contribution in [0.1, 0.15) is 13.8 Å². The number of nitrogen functional groups attached to an aromatic ring is 1. The van der Waals surface area contributed by atoms with Crippen molar-refractivity contribution in [1.82, 2.24) is 0 Å². The lowest BCUT2D eigenvalue weighted by Crippen LogP contribution is -2.35. The van der Waals surface area contributed by atoms with Crippen molar-refractivity contribution < 1.29 is 13.2 Å². The van der Waals surface area contributed by atoms with E-state index in [1.54, 1.807) is 19.2 Å². The van der Waals surface area contributed by atoms with E-state index < -0.39 is 10.0 Å². The SMILES string of the molecule is COCCN(c1ccc(N)cc1S(N)(=O)=O)C(C)C. The molecule has 0 aliphatic carbocycles. The Morgan fingerprint density at radius 1 is 1.37 bits per heavy atom. The highest BCUT2D eigenvalue weighted by atomic mass is 32.2. The van der Waals surface area contributed by atoms with Crippen LogP contribution in [-0.4, -0.2) is 34.7 Å². The second-order valence-electron chi connectivity index (χ2n) is 4.55. The van der Waals surface area contributed by atoms with E-state index in [-0.39, 0.29) is 10.9 Å². The van der Waals surface area contributed by atoms with Crippen LogP contribution < -0.4 is 15.8 Å². The van der Waals surface area contributed by atoms with E-state index in [2.05, 4.69) is 0 Å². The standard InChI is InChI=1S/C12H21N3O3S/c1-9(2)15(6-7-18-3)11-5-4-10(13)8-12(11)19(14,16)17/h4-5,8-9H,6-7,13H2,1-3H3,(H2,14,16,17). The zero-order chi connectivity index (χ0) is 14.6. The number of ether oxygens (including phenoxy) is 1. The summed E-state index contributed by atoms with van der Waals surface area (Å²) in [6.45, 7) is 5.01. The topological polar surface area (TPSA) is 98.7 Å². The summed E-state index contributed by atoms with van der Waals surface area (Å²) >= 11 is 0.